The molecule has 0 N–H and O–H groups in total. The molecule has 0 radical (unpaired) electrons. The summed E-state index contributed by atoms with van der Waals surface area (Å²) in [6, 6.07) is 16.0. The summed E-state index contributed by atoms with van der Waals surface area (Å²) < 4.78 is 0. The van der Waals surface area contributed by atoms with Gasteiger partial charge in [0.15, 0.2) is 0 Å². The van der Waals surface area contributed by atoms with Crippen LogP contribution in [0.25, 0.3) is 0 Å². The number of para-hydroxylation sites is 2. The number of carbonyl (C=O) groups is 3. The Balaban J connectivity index is 1.68. The molecule has 38 heavy (non-hydrogen) atoms. The minimum Gasteiger partial charge on any atom is -0.348 e. The average Bonchev–Trinajstić information content (AvgIpc) is 2.92. The van der Waals surface area contributed by atoms with Gasteiger partial charge in [-0.25, -0.2) is 4.79 Å². The fourth-order valence-electron chi connectivity index (χ4n) is 5.64. The second-order valence-electron chi connectivity index (χ2n) is 9.86. The van der Waals surface area contributed by atoms with Crippen molar-refractivity contribution in [1.29, 1.82) is 0 Å². The number of fused-ring (bicyclic) bond motifs is 2. The molecule has 4 amide bonds. The molecule has 3 aliphatic rings. The molecule has 0 spiro atoms. The Morgan fingerprint density at radius 1 is 0.684 bits per heavy atom. The number of urea groups is 1. The number of hydrogen-bond donors (Lipinski definition) is 0. The van der Waals surface area contributed by atoms with Gasteiger partial charge in [0.05, 0.1) is 0 Å². The molecule has 0 bridgehead atoms. The molecule has 1 saturated heterocycles. The van der Waals surface area contributed by atoms with Crippen LogP contribution in [-0.4, -0.2) is 54.8 Å². The number of amides is 4. The third kappa shape index (κ3) is 4.32. The van der Waals surface area contributed by atoms with E-state index in [1.807, 2.05) is 50.5 Å². The van der Waals surface area contributed by atoms with Crippen LogP contribution in [0.15, 0.2) is 83.2 Å². The highest BCUT2D eigenvalue weighted by Gasteiger charge is 2.42. The highest BCUT2D eigenvalue weighted by Crippen LogP contribution is 2.35. The van der Waals surface area contributed by atoms with Crippen molar-refractivity contribution in [1.82, 2.24) is 9.80 Å². The lowest BCUT2D eigenvalue weighted by molar-refractivity contribution is -0.135. The predicted molar refractivity (Wildman–Crippen MR) is 150 cm³/mol. The fraction of sp³-hybridized carbons (Fsp3) is 0.323. The van der Waals surface area contributed by atoms with Crippen molar-refractivity contribution < 1.29 is 14.4 Å². The smallest absolute Gasteiger partial charge is 0.333 e. The highest BCUT2D eigenvalue weighted by molar-refractivity contribution is 6.29. The van der Waals surface area contributed by atoms with Crippen LogP contribution < -0.4 is 9.80 Å². The fourth-order valence-corrected chi connectivity index (χ4v) is 5.64. The van der Waals surface area contributed by atoms with Crippen molar-refractivity contribution >= 4 is 29.2 Å². The minimum absolute atomic E-state index is 0.0489. The van der Waals surface area contributed by atoms with Crippen molar-refractivity contribution in [2.45, 2.75) is 39.5 Å². The number of rotatable bonds is 4. The van der Waals surface area contributed by atoms with E-state index in [-0.39, 0.29) is 18.7 Å². The van der Waals surface area contributed by atoms with Crippen LogP contribution in [-0.2, 0) is 22.4 Å². The Hall–Kier alpha value is -4.13. The maximum atomic E-state index is 13.6. The molecule has 1 fully saturated rings. The number of barbiturate groups is 1. The van der Waals surface area contributed by atoms with Crippen LogP contribution in [0.2, 0.25) is 0 Å². The monoisotopic (exact) mass is 510 g/mol. The molecule has 196 valence electrons. The molecular formula is C31H34N4O3. The van der Waals surface area contributed by atoms with Gasteiger partial charge in [-0.05, 0) is 80.5 Å². The van der Waals surface area contributed by atoms with E-state index in [0.29, 0.717) is 5.57 Å². The number of hydrogen-bond acceptors (Lipinski definition) is 5. The summed E-state index contributed by atoms with van der Waals surface area (Å²) in [5.74, 6) is -1.07. The van der Waals surface area contributed by atoms with Gasteiger partial charge in [0, 0.05) is 50.0 Å². The molecule has 0 aliphatic carbocycles. The quantitative estimate of drug-likeness (QED) is 0.426. The first-order valence-electron chi connectivity index (χ1n) is 13.3. The van der Waals surface area contributed by atoms with E-state index in [2.05, 4.69) is 34.1 Å². The molecule has 0 atom stereocenters. The van der Waals surface area contributed by atoms with Gasteiger partial charge in [-0.15, -0.1) is 0 Å². The van der Waals surface area contributed by atoms with Crippen LogP contribution in [0.5, 0.6) is 0 Å². The van der Waals surface area contributed by atoms with Gasteiger partial charge in [0.1, 0.15) is 5.57 Å². The first kappa shape index (κ1) is 25.5. The topological polar surface area (TPSA) is 64.2 Å². The maximum absolute atomic E-state index is 13.6. The average molecular weight is 511 g/mol. The Morgan fingerprint density at radius 2 is 1.11 bits per heavy atom. The van der Waals surface area contributed by atoms with Gasteiger partial charge in [-0.3, -0.25) is 19.4 Å². The largest absolute Gasteiger partial charge is 0.348 e. The Morgan fingerprint density at radius 3 is 1.53 bits per heavy atom. The molecule has 2 aromatic carbocycles. The number of benzene rings is 2. The zero-order valence-corrected chi connectivity index (χ0v) is 22.5. The van der Waals surface area contributed by atoms with E-state index in [1.165, 1.54) is 11.1 Å². The lowest BCUT2D eigenvalue weighted by atomic mass is 9.94. The number of imide groups is 2. The van der Waals surface area contributed by atoms with E-state index in [9.17, 15) is 14.4 Å². The van der Waals surface area contributed by atoms with E-state index in [1.54, 1.807) is 13.8 Å². The third-order valence-electron chi connectivity index (χ3n) is 7.81. The van der Waals surface area contributed by atoms with Crippen LogP contribution in [0.3, 0.4) is 0 Å². The third-order valence-corrected chi connectivity index (χ3v) is 7.81. The Kier molecular flexibility index (Phi) is 6.93. The van der Waals surface area contributed by atoms with Crippen molar-refractivity contribution in [2.24, 2.45) is 0 Å². The molecule has 3 heterocycles. The molecule has 2 aromatic rings. The minimum atomic E-state index is -0.555. The Labute approximate surface area is 224 Å². The lowest BCUT2D eigenvalue weighted by Crippen LogP contribution is -2.56. The van der Waals surface area contributed by atoms with Gasteiger partial charge in [-0.1, -0.05) is 36.4 Å². The first-order valence-corrected chi connectivity index (χ1v) is 13.3. The molecule has 7 heteroatoms. The zero-order valence-electron chi connectivity index (χ0n) is 22.5. The predicted octanol–water partition coefficient (Wildman–Crippen LogP) is 5.05. The number of aryl methyl sites for hydroxylation is 2. The summed E-state index contributed by atoms with van der Waals surface area (Å²) in [5, 5.41) is 0. The summed E-state index contributed by atoms with van der Waals surface area (Å²) in [6.45, 7) is 3.91. The van der Waals surface area contributed by atoms with E-state index in [0.717, 1.165) is 58.3 Å². The normalized spacial score (nSPS) is 19.9. The number of anilines is 2. The molecule has 0 saturated carbocycles. The number of carbonyl (C=O) groups excluding carboxylic acids is 3. The van der Waals surface area contributed by atoms with Gasteiger partial charge in [0.25, 0.3) is 11.8 Å². The number of nitrogens with zero attached hydrogens (tertiary/aromatic N) is 4. The standard InChI is InChI=1S/C31H34N4O3/c1-5-34-29(36)28(30(37)35(6-2)31(34)38)23(19-24-17-15-21-11-7-9-13-26(21)32(24)3)20-25-18-16-22-12-8-10-14-27(22)33(25)4/h7-14,19-20H,5-6,15-18H2,1-4H3/b24-19+,25-20+. The summed E-state index contributed by atoms with van der Waals surface area (Å²) in [5.41, 5.74) is 7.41. The molecule has 7 nitrogen and oxygen atoms in total. The van der Waals surface area contributed by atoms with E-state index in [4.69, 9.17) is 0 Å². The lowest BCUT2D eigenvalue weighted by Gasteiger charge is -2.35. The van der Waals surface area contributed by atoms with Gasteiger partial charge in [0.2, 0.25) is 0 Å². The van der Waals surface area contributed by atoms with Crippen LogP contribution in [0, 0.1) is 0 Å². The number of allylic oxidation sites excluding steroid dienone is 5. The van der Waals surface area contributed by atoms with Gasteiger partial charge < -0.3 is 9.80 Å². The van der Waals surface area contributed by atoms with Crippen molar-refractivity contribution in [3.8, 4) is 0 Å². The van der Waals surface area contributed by atoms with Gasteiger partial charge in [-0.2, -0.15) is 0 Å². The van der Waals surface area contributed by atoms with Crippen LogP contribution in [0.1, 0.15) is 37.8 Å². The molecular weight excluding hydrogens is 476 g/mol. The summed E-state index contributed by atoms with van der Waals surface area (Å²) in [7, 11) is 4.04. The maximum Gasteiger partial charge on any atom is 0.333 e. The number of likely N-dealkylation sites (N-methyl/N-ethyl adjacent to an activating group) is 2. The zero-order chi connectivity index (χ0) is 27.0. The second kappa shape index (κ2) is 10.3. The van der Waals surface area contributed by atoms with Crippen LogP contribution in [0.4, 0.5) is 16.2 Å². The summed E-state index contributed by atoms with van der Waals surface area (Å²) in [4.78, 5) is 46.7. The van der Waals surface area contributed by atoms with E-state index >= 15 is 0 Å². The molecule has 3 aliphatic heterocycles. The van der Waals surface area contributed by atoms with Gasteiger partial charge >= 0.3 is 6.03 Å². The molecule has 0 unspecified atom stereocenters. The summed E-state index contributed by atoms with van der Waals surface area (Å²) >= 11 is 0. The second-order valence-corrected chi connectivity index (χ2v) is 9.86. The van der Waals surface area contributed by atoms with Crippen molar-refractivity contribution in [3.63, 3.8) is 0 Å². The summed E-state index contributed by atoms with van der Waals surface area (Å²) in [6.07, 6.45) is 7.26. The van der Waals surface area contributed by atoms with Crippen molar-refractivity contribution in [2.75, 3.05) is 37.0 Å². The first-order chi connectivity index (χ1) is 18.3. The Bertz CT molecular complexity index is 1300. The van der Waals surface area contributed by atoms with E-state index < -0.39 is 17.8 Å². The SMILES string of the molecule is CCN1C(=O)C(=C(/C=C2\CCc3ccccc3N2C)/C=C2\CCc3ccccc3N2C)C(=O)N(CC)C1=O. The molecule has 5 rings (SSSR count). The molecule has 0 aromatic heterocycles. The van der Waals surface area contributed by atoms with Crippen molar-refractivity contribution in [3.05, 3.63) is 94.4 Å². The highest BCUT2D eigenvalue weighted by atomic mass is 16.2. The van der Waals surface area contributed by atoms with Crippen LogP contribution >= 0.6 is 0 Å².